The molecule has 17 heavy (non-hydrogen) atoms. The van der Waals surface area contributed by atoms with Gasteiger partial charge in [0.1, 0.15) is 0 Å². The highest BCUT2D eigenvalue weighted by atomic mass is 32.1. The molecule has 1 aliphatic carbocycles. The maximum Gasteiger partial charge on any atom is 0.0975 e. The van der Waals surface area contributed by atoms with Gasteiger partial charge in [-0.05, 0) is 31.2 Å². The van der Waals surface area contributed by atoms with Crippen molar-refractivity contribution in [2.24, 2.45) is 5.73 Å². The smallest absolute Gasteiger partial charge is 0.0975 e. The molecule has 0 fully saturated rings. The molecule has 92 valence electrons. The molecular weight excluding hydrogens is 228 g/mol. The summed E-state index contributed by atoms with van der Waals surface area (Å²) in [5.74, 6) is 0. The van der Waals surface area contributed by atoms with Gasteiger partial charge in [-0.2, -0.15) is 0 Å². The van der Waals surface area contributed by atoms with E-state index < -0.39 is 0 Å². The number of thiophene rings is 1. The highest BCUT2D eigenvalue weighted by molar-refractivity contribution is 7.16. The molecule has 3 N–H and O–H groups in total. The summed E-state index contributed by atoms with van der Waals surface area (Å²) in [5.41, 5.74) is 9.68. The predicted molar refractivity (Wildman–Crippen MR) is 76.4 cm³/mol. The maximum absolute atomic E-state index is 5.89. The molecule has 1 heterocycles. The first-order valence-electron chi connectivity index (χ1n) is 6.15. The molecule has 0 aromatic carbocycles. The van der Waals surface area contributed by atoms with Crippen LogP contribution in [-0.2, 0) is 19.4 Å². The zero-order valence-corrected chi connectivity index (χ0v) is 11.0. The monoisotopic (exact) mass is 248 g/mol. The van der Waals surface area contributed by atoms with Gasteiger partial charge in [0.15, 0.2) is 0 Å². The Hall–Kier alpha value is -1.06. The summed E-state index contributed by atoms with van der Waals surface area (Å²) in [4.78, 5) is 1.52. The van der Waals surface area contributed by atoms with Crippen LogP contribution < -0.4 is 11.1 Å². The molecule has 0 radical (unpaired) electrons. The van der Waals surface area contributed by atoms with Crippen molar-refractivity contribution in [3.05, 3.63) is 40.9 Å². The quantitative estimate of drug-likeness (QED) is 0.782. The first-order chi connectivity index (χ1) is 8.26. The van der Waals surface area contributed by atoms with Crippen LogP contribution in [0.3, 0.4) is 0 Å². The second kappa shape index (κ2) is 5.52. The van der Waals surface area contributed by atoms with Crippen molar-refractivity contribution < 1.29 is 0 Å². The third-order valence-corrected chi connectivity index (χ3v) is 4.42. The molecule has 0 spiro atoms. The second-order valence-corrected chi connectivity index (χ2v) is 5.55. The second-order valence-electron chi connectivity index (χ2n) is 4.44. The van der Waals surface area contributed by atoms with Gasteiger partial charge in [0, 0.05) is 29.1 Å². The number of nitrogens with two attached hydrogens (primary N) is 1. The Morgan fingerprint density at radius 1 is 1.41 bits per heavy atom. The molecule has 3 heteroatoms. The number of fused-ring (bicyclic) bond motifs is 1. The van der Waals surface area contributed by atoms with Crippen molar-refractivity contribution in [1.82, 2.24) is 0 Å². The van der Waals surface area contributed by atoms with Crippen molar-refractivity contribution in [1.29, 1.82) is 0 Å². The van der Waals surface area contributed by atoms with Gasteiger partial charge in [0.25, 0.3) is 0 Å². The van der Waals surface area contributed by atoms with E-state index in [1.807, 2.05) is 17.4 Å². The molecule has 0 saturated carbocycles. The molecule has 1 aliphatic rings. The molecule has 0 atom stereocenters. The molecule has 2 rings (SSSR count). The van der Waals surface area contributed by atoms with E-state index in [1.54, 1.807) is 0 Å². The number of rotatable bonds is 5. The fourth-order valence-corrected chi connectivity index (χ4v) is 3.70. The van der Waals surface area contributed by atoms with Crippen molar-refractivity contribution in [2.75, 3.05) is 5.32 Å². The normalized spacial score (nSPS) is 14.2. The number of anilines is 1. The maximum atomic E-state index is 5.89. The average molecular weight is 248 g/mol. The highest BCUT2D eigenvalue weighted by Gasteiger charge is 2.19. The zero-order chi connectivity index (χ0) is 12.3. The Kier molecular flexibility index (Phi) is 4.02. The van der Waals surface area contributed by atoms with Crippen molar-refractivity contribution in [3.63, 3.8) is 0 Å². The Balaban J connectivity index is 2.24. The molecule has 2 nitrogen and oxygen atoms in total. The number of hydrogen-bond acceptors (Lipinski definition) is 3. The third kappa shape index (κ3) is 2.61. The minimum absolute atomic E-state index is 0.621. The largest absolute Gasteiger partial charge is 0.351 e. The molecule has 1 aromatic rings. The lowest BCUT2D eigenvalue weighted by atomic mass is 9.95. The molecule has 0 aliphatic heterocycles. The summed E-state index contributed by atoms with van der Waals surface area (Å²) in [6, 6.07) is 0. The summed E-state index contributed by atoms with van der Waals surface area (Å²) < 4.78 is 0. The van der Waals surface area contributed by atoms with Crippen LogP contribution in [0.4, 0.5) is 5.00 Å². The van der Waals surface area contributed by atoms with Crippen LogP contribution in [0.1, 0.15) is 35.3 Å². The first-order valence-corrected chi connectivity index (χ1v) is 6.97. The highest BCUT2D eigenvalue weighted by Crippen LogP contribution is 2.38. The first kappa shape index (κ1) is 12.4. The predicted octanol–water partition coefficient (Wildman–Crippen LogP) is 3.59. The number of hydrogen-bond donors (Lipinski definition) is 2. The van der Waals surface area contributed by atoms with Gasteiger partial charge in [0.2, 0.25) is 0 Å². The van der Waals surface area contributed by atoms with Crippen molar-refractivity contribution >= 4 is 16.3 Å². The van der Waals surface area contributed by atoms with Gasteiger partial charge in [-0.15, -0.1) is 17.9 Å². The zero-order valence-electron chi connectivity index (χ0n) is 10.2. The van der Waals surface area contributed by atoms with Crippen LogP contribution >= 0.6 is 11.3 Å². The van der Waals surface area contributed by atoms with Crippen LogP contribution in [0.2, 0.25) is 0 Å². The van der Waals surface area contributed by atoms with Gasteiger partial charge in [-0.1, -0.05) is 12.7 Å². The summed E-state index contributed by atoms with van der Waals surface area (Å²) >= 11 is 1.85. The van der Waals surface area contributed by atoms with Crippen LogP contribution in [0.5, 0.6) is 0 Å². The fourth-order valence-electron chi connectivity index (χ4n) is 2.33. The third-order valence-electron chi connectivity index (χ3n) is 3.17. The van der Waals surface area contributed by atoms with E-state index in [4.69, 9.17) is 5.73 Å². The summed E-state index contributed by atoms with van der Waals surface area (Å²) in [6.45, 7) is 8.35. The molecule has 0 unspecified atom stereocenters. The van der Waals surface area contributed by atoms with Crippen LogP contribution in [0.15, 0.2) is 24.9 Å². The van der Waals surface area contributed by atoms with Gasteiger partial charge in [-0.25, -0.2) is 0 Å². The lowest BCUT2D eigenvalue weighted by Gasteiger charge is -2.12. The molecule has 0 amide bonds. The SMILES string of the molecule is C=CCC(=C)Nc1sc2c(c1CN)CCCC2. The van der Waals surface area contributed by atoms with Crippen molar-refractivity contribution in [2.45, 2.75) is 38.6 Å². The lowest BCUT2D eigenvalue weighted by molar-refractivity contribution is 0.691. The van der Waals surface area contributed by atoms with Gasteiger partial charge in [0.05, 0.1) is 5.00 Å². The standard InChI is InChI=1S/C14H20N2S/c1-3-6-10(2)16-14-12(9-15)11-7-4-5-8-13(11)17-14/h3,16H,1-2,4-9,15H2. The van der Waals surface area contributed by atoms with E-state index in [1.165, 1.54) is 46.7 Å². The minimum Gasteiger partial charge on any atom is -0.351 e. The Morgan fingerprint density at radius 3 is 2.88 bits per heavy atom. The van der Waals surface area contributed by atoms with E-state index in [9.17, 15) is 0 Å². The lowest BCUT2D eigenvalue weighted by Crippen LogP contribution is -2.06. The fraction of sp³-hybridized carbons (Fsp3) is 0.429. The molecular formula is C14H20N2S. The molecule has 1 aromatic heterocycles. The van der Waals surface area contributed by atoms with E-state index in [-0.39, 0.29) is 0 Å². The van der Waals surface area contributed by atoms with Gasteiger partial charge >= 0.3 is 0 Å². The van der Waals surface area contributed by atoms with Crippen LogP contribution in [0.25, 0.3) is 0 Å². The Morgan fingerprint density at radius 2 is 2.18 bits per heavy atom. The Labute approximate surface area is 107 Å². The molecule has 0 saturated heterocycles. The summed E-state index contributed by atoms with van der Waals surface area (Å²) in [6.07, 6.45) is 7.67. The van der Waals surface area contributed by atoms with Gasteiger partial charge < -0.3 is 11.1 Å². The van der Waals surface area contributed by atoms with Crippen LogP contribution in [-0.4, -0.2) is 0 Å². The van der Waals surface area contributed by atoms with E-state index in [2.05, 4.69) is 18.5 Å². The Bertz CT molecular complexity index is 432. The summed E-state index contributed by atoms with van der Waals surface area (Å²) in [5, 5.41) is 4.59. The number of nitrogens with one attached hydrogen (secondary N) is 1. The topological polar surface area (TPSA) is 38.0 Å². The van der Waals surface area contributed by atoms with Crippen molar-refractivity contribution in [3.8, 4) is 0 Å². The number of allylic oxidation sites excluding steroid dienone is 1. The molecule has 0 bridgehead atoms. The number of aryl methyl sites for hydroxylation is 1. The van der Waals surface area contributed by atoms with E-state index in [0.717, 1.165) is 12.1 Å². The summed E-state index contributed by atoms with van der Waals surface area (Å²) in [7, 11) is 0. The van der Waals surface area contributed by atoms with Crippen LogP contribution in [0, 0.1) is 0 Å². The minimum atomic E-state index is 0.621. The van der Waals surface area contributed by atoms with E-state index in [0.29, 0.717) is 6.54 Å². The van der Waals surface area contributed by atoms with Gasteiger partial charge in [-0.3, -0.25) is 0 Å². The van der Waals surface area contributed by atoms with E-state index >= 15 is 0 Å². The average Bonchev–Trinajstić information content (AvgIpc) is 2.66.